The highest BCUT2D eigenvalue weighted by atomic mass is 19.2. The fourth-order valence-electron chi connectivity index (χ4n) is 3.41. The quantitative estimate of drug-likeness (QED) is 0.409. The number of anilines is 5. The molecule has 1 aromatic heterocycles. The van der Waals surface area contributed by atoms with Crippen molar-refractivity contribution in [2.24, 2.45) is 0 Å². The van der Waals surface area contributed by atoms with Gasteiger partial charge >= 0.3 is 0 Å². The van der Waals surface area contributed by atoms with Crippen molar-refractivity contribution in [1.82, 2.24) is 4.98 Å². The largest absolute Gasteiger partial charge is 0.371 e. The second kappa shape index (κ2) is 7.24. The van der Waals surface area contributed by atoms with Crippen LogP contribution in [0.3, 0.4) is 0 Å². The fraction of sp³-hybridized carbons (Fsp3) is 0.143. The second-order valence-corrected chi connectivity index (χ2v) is 7.35. The van der Waals surface area contributed by atoms with E-state index in [1.807, 2.05) is 0 Å². The molecule has 0 atom stereocenters. The lowest BCUT2D eigenvalue weighted by atomic mass is 10.1. The second-order valence-electron chi connectivity index (χ2n) is 7.35. The standard InChI is InChI=1S/C21H16F4N4O2/c1-21(2,31)29-13-6-4-3-5-12(13)27-20(30)11-8-7-10(9-14(11)29)26-17-15(22)18(24)28-19(25)16(17)23/h3-9,31H,1-2H3,(H,26,28)(H,27,30). The van der Waals surface area contributed by atoms with Gasteiger partial charge in [-0.15, -0.1) is 0 Å². The Morgan fingerprint density at radius 1 is 1.00 bits per heavy atom. The van der Waals surface area contributed by atoms with Crippen LogP contribution in [-0.4, -0.2) is 21.7 Å². The lowest BCUT2D eigenvalue weighted by molar-refractivity contribution is 0.0876. The Bertz CT molecular complexity index is 1180. The number of aromatic nitrogens is 1. The van der Waals surface area contributed by atoms with Gasteiger partial charge < -0.3 is 20.6 Å². The van der Waals surface area contributed by atoms with Gasteiger partial charge in [-0.1, -0.05) is 12.1 Å². The first-order valence-electron chi connectivity index (χ1n) is 9.12. The molecule has 0 saturated heterocycles. The fourth-order valence-corrected chi connectivity index (χ4v) is 3.41. The zero-order chi connectivity index (χ0) is 22.5. The van der Waals surface area contributed by atoms with Crippen molar-refractivity contribution in [2.45, 2.75) is 19.6 Å². The number of carbonyl (C=O) groups is 1. The van der Waals surface area contributed by atoms with E-state index >= 15 is 0 Å². The SMILES string of the molecule is CC(C)(O)N1c2ccccc2NC(=O)c2ccc(Nc3c(F)c(F)nc(F)c3F)cc21. The van der Waals surface area contributed by atoms with Crippen molar-refractivity contribution in [1.29, 1.82) is 0 Å². The molecule has 10 heteroatoms. The van der Waals surface area contributed by atoms with Crippen LogP contribution < -0.4 is 15.5 Å². The van der Waals surface area contributed by atoms with E-state index in [9.17, 15) is 27.5 Å². The summed E-state index contributed by atoms with van der Waals surface area (Å²) in [6, 6.07) is 10.8. The molecule has 0 spiro atoms. The maximum Gasteiger partial charge on any atom is 0.257 e. The highest BCUT2D eigenvalue weighted by molar-refractivity contribution is 6.13. The summed E-state index contributed by atoms with van der Waals surface area (Å²) in [6.45, 7) is 2.99. The van der Waals surface area contributed by atoms with Crippen LogP contribution in [0, 0.1) is 23.5 Å². The number of nitrogens with one attached hydrogen (secondary N) is 2. The molecule has 0 unspecified atom stereocenters. The molecule has 31 heavy (non-hydrogen) atoms. The zero-order valence-electron chi connectivity index (χ0n) is 16.3. The summed E-state index contributed by atoms with van der Waals surface area (Å²) >= 11 is 0. The van der Waals surface area contributed by atoms with Crippen LogP contribution in [0.25, 0.3) is 0 Å². The van der Waals surface area contributed by atoms with Crippen LogP contribution in [0.4, 0.5) is 46.0 Å². The molecule has 2 aromatic carbocycles. The normalized spacial score (nSPS) is 13.3. The van der Waals surface area contributed by atoms with Gasteiger partial charge in [0.1, 0.15) is 11.4 Å². The Morgan fingerprint density at radius 3 is 2.29 bits per heavy atom. The van der Waals surface area contributed by atoms with Crippen molar-refractivity contribution >= 4 is 34.3 Å². The third kappa shape index (κ3) is 3.55. The van der Waals surface area contributed by atoms with E-state index in [-0.39, 0.29) is 16.9 Å². The Balaban J connectivity index is 1.88. The third-order valence-electron chi connectivity index (χ3n) is 4.69. The van der Waals surface area contributed by atoms with Gasteiger partial charge in [-0.3, -0.25) is 4.79 Å². The van der Waals surface area contributed by atoms with E-state index in [4.69, 9.17) is 0 Å². The number of amides is 1. The lowest BCUT2D eigenvalue weighted by Gasteiger charge is -2.36. The summed E-state index contributed by atoms with van der Waals surface area (Å²) in [7, 11) is 0. The van der Waals surface area contributed by atoms with Crippen molar-refractivity contribution in [3.8, 4) is 0 Å². The number of nitrogens with zero attached hydrogens (tertiary/aromatic N) is 2. The molecule has 1 aliphatic rings. The molecule has 2 heterocycles. The minimum Gasteiger partial charge on any atom is -0.371 e. The van der Waals surface area contributed by atoms with E-state index in [0.29, 0.717) is 11.4 Å². The number of pyridine rings is 1. The molecule has 6 nitrogen and oxygen atoms in total. The molecular weight excluding hydrogens is 416 g/mol. The smallest absolute Gasteiger partial charge is 0.257 e. The molecule has 0 aliphatic carbocycles. The first kappa shape index (κ1) is 20.6. The van der Waals surface area contributed by atoms with Gasteiger partial charge in [0, 0.05) is 5.69 Å². The highest BCUT2D eigenvalue weighted by Crippen LogP contribution is 2.43. The van der Waals surface area contributed by atoms with Gasteiger partial charge in [0.05, 0.1) is 22.6 Å². The minimum atomic E-state index is -1.80. The number of fused-ring (bicyclic) bond motifs is 2. The average molecular weight is 432 g/mol. The summed E-state index contributed by atoms with van der Waals surface area (Å²) in [6.07, 6.45) is 0. The number of carbonyl (C=O) groups excluding carboxylic acids is 1. The third-order valence-corrected chi connectivity index (χ3v) is 4.69. The average Bonchev–Trinajstić information content (AvgIpc) is 2.82. The van der Waals surface area contributed by atoms with E-state index in [1.165, 1.54) is 36.9 Å². The highest BCUT2D eigenvalue weighted by Gasteiger charge is 2.34. The summed E-state index contributed by atoms with van der Waals surface area (Å²) in [5, 5.41) is 15.9. The van der Waals surface area contributed by atoms with Crippen molar-refractivity contribution in [3.63, 3.8) is 0 Å². The molecule has 3 N–H and O–H groups in total. The first-order chi connectivity index (χ1) is 14.6. The number of rotatable bonds is 3. The maximum atomic E-state index is 14.0. The molecule has 1 amide bonds. The molecule has 3 aromatic rings. The minimum absolute atomic E-state index is 0.0166. The molecule has 0 radical (unpaired) electrons. The van der Waals surface area contributed by atoms with E-state index in [0.717, 1.165) is 0 Å². The van der Waals surface area contributed by atoms with Crippen LogP contribution >= 0.6 is 0 Å². The van der Waals surface area contributed by atoms with Crippen LogP contribution in [0.5, 0.6) is 0 Å². The van der Waals surface area contributed by atoms with Crippen LogP contribution in [-0.2, 0) is 0 Å². The molecule has 0 bridgehead atoms. The molecule has 4 rings (SSSR count). The summed E-state index contributed by atoms with van der Waals surface area (Å²) in [5.41, 5.74) is -1.27. The molecule has 160 valence electrons. The maximum absolute atomic E-state index is 14.0. The number of aliphatic hydroxyl groups is 1. The molecule has 0 saturated carbocycles. The predicted molar refractivity (Wildman–Crippen MR) is 107 cm³/mol. The van der Waals surface area contributed by atoms with E-state index in [1.54, 1.807) is 24.3 Å². The van der Waals surface area contributed by atoms with Crippen molar-refractivity contribution in [3.05, 3.63) is 71.6 Å². The van der Waals surface area contributed by atoms with Gasteiger partial charge in [-0.25, -0.2) is 0 Å². The van der Waals surface area contributed by atoms with Crippen LogP contribution in [0.2, 0.25) is 0 Å². The number of benzene rings is 2. The van der Waals surface area contributed by atoms with Gasteiger partial charge in [-0.05, 0) is 44.2 Å². The Labute approximate surface area is 174 Å². The Morgan fingerprint density at radius 2 is 1.65 bits per heavy atom. The number of halogens is 4. The van der Waals surface area contributed by atoms with Gasteiger partial charge in [0.2, 0.25) is 11.6 Å². The molecule has 0 fully saturated rings. The summed E-state index contributed by atoms with van der Waals surface area (Å²) in [4.78, 5) is 16.7. The van der Waals surface area contributed by atoms with Crippen LogP contribution in [0.15, 0.2) is 42.5 Å². The lowest BCUT2D eigenvalue weighted by Crippen LogP contribution is -2.40. The molecular formula is C21H16F4N4O2. The predicted octanol–water partition coefficient (Wildman–Crippen LogP) is 4.81. The van der Waals surface area contributed by atoms with Crippen molar-refractivity contribution < 1.29 is 27.5 Å². The number of hydrogen-bond acceptors (Lipinski definition) is 5. The van der Waals surface area contributed by atoms with Gasteiger partial charge in [0.25, 0.3) is 17.8 Å². The van der Waals surface area contributed by atoms with Gasteiger partial charge in [-0.2, -0.15) is 22.5 Å². The summed E-state index contributed by atoms with van der Waals surface area (Å²) < 4.78 is 55.0. The zero-order valence-corrected chi connectivity index (χ0v) is 16.3. The van der Waals surface area contributed by atoms with Crippen molar-refractivity contribution in [2.75, 3.05) is 15.5 Å². The first-order valence-corrected chi connectivity index (χ1v) is 9.12. The van der Waals surface area contributed by atoms with E-state index in [2.05, 4.69) is 15.6 Å². The topological polar surface area (TPSA) is 77.5 Å². The number of para-hydroxylation sites is 2. The monoisotopic (exact) mass is 432 g/mol. The van der Waals surface area contributed by atoms with E-state index < -0.39 is 40.8 Å². The summed E-state index contributed by atoms with van der Waals surface area (Å²) in [5.74, 6) is -7.48. The van der Waals surface area contributed by atoms with Gasteiger partial charge in [0.15, 0.2) is 0 Å². The Kier molecular flexibility index (Phi) is 4.81. The number of hydrogen-bond donors (Lipinski definition) is 3. The molecule has 1 aliphatic heterocycles. The van der Waals surface area contributed by atoms with Crippen LogP contribution in [0.1, 0.15) is 24.2 Å². The Hall–Kier alpha value is -3.66.